The van der Waals surface area contributed by atoms with Gasteiger partial charge in [-0.3, -0.25) is 14.2 Å². The molecule has 0 saturated carbocycles. The van der Waals surface area contributed by atoms with Crippen LogP contribution in [0, 0.1) is 0 Å². The summed E-state index contributed by atoms with van der Waals surface area (Å²) in [6.45, 7) is 11.7. The summed E-state index contributed by atoms with van der Waals surface area (Å²) >= 11 is 0. The highest BCUT2D eigenvalue weighted by Crippen LogP contribution is 2.52. The van der Waals surface area contributed by atoms with Gasteiger partial charge >= 0.3 is 19.5 Å². The van der Waals surface area contributed by atoms with Gasteiger partial charge in [0.25, 0.3) is 0 Å². The molecule has 2 atom stereocenters. The first-order chi connectivity index (χ1) is 13.4. The molecule has 29 heavy (non-hydrogen) atoms. The minimum absolute atomic E-state index is 0.133. The molecule has 1 amide bonds. The van der Waals surface area contributed by atoms with Crippen LogP contribution in [-0.4, -0.2) is 55.5 Å². The van der Waals surface area contributed by atoms with E-state index in [2.05, 4.69) is 5.32 Å². The summed E-state index contributed by atoms with van der Waals surface area (Å²) in [7, 11) is -3.58. The molecule has 0 bridgehead atoms. The third-order valence-electron chi connectivity index (χ3n) is 3.25. The molecule has 10 heteroatoms. The van der Waals surface area contributed by atoms with Crippen molar-refractivity contribution >= 4 is 25.9 Å². The molecular formula is C19H34NO8P. The number of nitrogens with one attached hydrogen (secondary N) is 1. The van der Waals surface area contributed by atoms with Gasteiger partial charge in [-0.2, -0.15) is 0 Å². The first kappa shape index (κ1) is 27.3. The number of esters is 2. The van der Waals surface area contributed by atoms with Crippen LogP contribution in [0.15, 0.2) is 11.6 Å². The summed E-state index contributed by atoms with van der Waals surface area (Å²) in [5.41, 5.74) is 0.468. The Kier molecular flexibility index (Phi) is 12.7. The molecule has 0 aromatic heterocycles. The van der Waals surface area contributed by atoms with Crippen molar-refractivity contribution in [2.24, 2.45) is 0 Å². The highest BCUT2D eigenvalue weighted by Gasteiger charge is 2.31. The predicted octanol–water partition coefficient (Wildman–Crippen LogP) is 2.98. The van der Waals surface area contributed by atoms with Crippen LogP contribution in [0.25, 0.3) is 0 Å². The number of ether oxygens (including phenoxy) is 2. The molecular weight excluding hydrogens is 401 g/mol. The molecule has 0 fully saturated rings. The van der Waals surface area contributed by atoms with Gasteiger partial charge in [0.2, 0.25) is 6.41 Å². The zero-order valence-corrected chi connectivity index (χ0v) is 19.2. The summed E-state index contributed by atoms with van der Waals surface area (Å²) in [6.07, 6.45) is 0.576. The fourth-order valence-corrected chi connectivity index (χ4v) is 4.81. The van der Waals surface area contributed by atoms with Crippen LogP contribution in [0.2, 0.25) is 0 Å². The number of hydrogen-bond donors (Lipinski definition) is 1. The molecule has 0 aliphatic rings. The fourth-order valence-electron chi connectivity index (χ4n) is 2.60. The molecule has 0 saturated heterocycles. The average Bonchev–Trinajstić information content (AvgIpc) is 2.51. The van der Waals surface area contributed by atoms with Crippen LogP contribution in [0.1, 0.15) is 54.9 Å². The van der Waals surface area contributed by atoms with Gasteiger partial charge in [-0.05, 0) is 41.5 Å². The van der Waals surface area contributed by atoms with Crippen LogP contribution in [0.5, 0.6) is 0 Å². The van der Waals surface area contributed by atoms with Crippen LogP contribution < -0.4 is 5.32 Å². The second kappa shape index (κ2) is 13.5. The van der Waals surface area contributed by atoms with Crippen molar-refractivity contribution in [1.82, 2.24) is 5.32 Å². The van der Waals surface area contributed by atoms with E-state index in [9.17, 15) is 18.9 Å². The van der Waals surface area contributed by atoms with E-state index in [4.69, 9.17) is 18.5 Å². The Morgan fingerprint density at radius 1 is 1.07 bits per heavy atom. The molecule has 9 nitrogen and oxygen atoms in total. The lowest BCUT2D eigenvalue weighted by molar-refractivity contribution is -0.146. The molecule has 0 rings (SSSR count). The molecule has 2 unspecified atom stereocenters. The summed E-state index contributed by atoms with van der Waals surface area (Å²) in [4.78, 5) is 34.3. The van der Waals surface area contributed by atoms with E-state index in [1.54, 1.807) is 41.5 Å². The number of rotatable bonds is 14. The summed E-state index contributed by atoms with van der Waals surface area (Å²) in [5, 5.41) is 2.37. The lowest BCUT2D eigenvalue weighted by atomic mass is 10.1. The van der Waals surface area contributed by atoms with E-state index in [0.29, 0.717) is 12.0 Å². The predicted molar refractivity (Wildman–Crippen MR) is 108 cm³/mol. The van der Waals surface area contributed by atoms with Gasteiger partial charge in [-0.1, -0.05) is 11.6 Å². The topological polar surface area (TPSA) is 117 Å². The molecule has 168 valence electrons. The minimum Gasteiger partial charge on any atom is -0.464 e. The van der Waals surface area contributed by atoms with Crippen molar-refractivity contribution in [3.8, 4) is 0 Å². The lowest BCUT2D eigenvalue weighted by Gasteiger charge is -2.25. The van der Waals surface area contributed by atoms with Gasteiger partial charge in [0, 0.05) is 13.3 Å². The lowest BCUT2D eigenvalue weighted by Crippen LogP contribution is -2.36. The van der Waals surface area contributed by atoms with E-state index in [1.165, 1.54) is 13.0 Å². The fraction of sp³-hybridized carbons (Fsp3) is 0.737. The van der Waals surface area contributed by atoms with E-state index in [0.717, 1.165) is 0 Å². The number of hydrogen-bond acceptors (Lipinski definition) is 8. The van der Waals surface area contributed by atoms with Gasteiger partial charge in [0.1, 0.15) is 12.1 Å². The third-order valence-corrected chi connectivity index (χ3v) is 5.53. The third kappa shape index (κ3) is 12.5. The van der Waals surface area contributed by atoms with Crippen LogP contribution in [0.3, 0.4) is 0 Å². The SMILES string of the molecule is CCOC(=O)C(C=C(CC(C)OC(C)=O)CP(=O)(OC(C)C)OC(C)C)NC=O. The standard InChI is InChI=1S/C19H34NO8P/c1-8-25-19(23)18(20-12-21)10-17(9-15(6)26-16(7)22)11-29(24,27-13(2)3)28-14(4)5/h10,12-15,18H,8-9,11H2,1-7H3,(H,20,21). The van der Waals surface area contributed by atoms with Gasteiger partial charge in [-0.15, -0.1) is 0 Å². The zero-order chi connectivity index (χ0) is 22.6. The van der Waals surface area contributed by atoms with Gasteiger partial charge in [-0.25, -0.2) is 4.79 Å². The molecule has 0 aliphatic carbocycles. The second-order valence-electron chi connectivity index (χ2n) is 7.04. The van der Waals surface area contributed by atoms with Crippen molar-refractivity contribution in [2.45, 2.75) is 79.2 Å². The smallest absolute Gasteiger partial charge is 0.335 e. The zero-order valence-electron chi connectivity index (χ0n) is 18.3. The molecule has 0 spiro atoms. The van der Waals surface area contributed by atoms with Crippen molar-refractivity contribution in [1.29, 1.82) is 0 Å². The van der Waals surface area contributed by atoms with Crippen LogP contribution in [0.4, 0.5) is 0 Å². The van der Waals surface area contributed by atoms with Gasteiger partial charge in [0.15, 0.2) is 0 Å². The molecule has 0 heterocycles. The van der Waals surface area contributed by atoms with Crippen molar-refractivity contribution < 1.29 is 37.5 Å². The highest BCUT2D eigenvalue weighted by molar-refractivity contribution is 7.54. The first-order valence-electron chi connectivity index (χ1n) is 9.61. The number of carbonyl (C=O) groups is 3. The van der Waals surface area contributed by atoms with Gasteiger partial charge in [0.05, 0.1) is 25.0 Å². The first-order valence-corrected chi connectivity index (χ1v) is 11.3. The van der Waals surface area contributed by atoms with E-state index < -0.39 is 31.7 Å². The van der Waals surface area contributed by atoms with Crippen molar-refractivity contribution in [3.63, 3.8) is 0 Å². The average molecular weight is 435 g/mol. The van der Waals surface area contributed by atoms with E-state index in [1.807, 2.05) is 0 Å². The summed E-state index contributed by atoms with van der Waals surface area (Å²) in [6, 6.07) is -1.08. The second-order valence-corrected chi connectivity index (χ2v) is 9.00. The van der Waals surface area contributed by atoms with Crippen LogP contribution in [-0.2, 0) is 37.5 Å². The minimum atomic E-state index is -3.58. The Balaban J connectivity index is 5.90. The van der Waals surface area contributed by atoms with Crippen LogP contribution >= 0.6 is 7.60 Å². The molecule has 0 aromatic rings. The largest absolute Gasteiger partial charge is 0.464 e. The maximum absolute atomic E-state index is 13.3. The molecule has 1 N–H and O–H groups in total. The Hall–Kier alpha value is -1.70. The number of amides is 1. The Bertz CT molecular complexity index is 603. The maximum Gasteiger partial charge on any atom is 0.335 e. The normalized spacial score (nSPS) is 14.4. The Labute approximate surface area is 173 Å². The quantitative estimate of drug-likeness (QED) is 0.192. The van der Waals surface area contributed by atoms with E-state index in [-0.39, 0.29) is 31.4 Å². The summed E-state index contributed by atoms with van der Waals surface area (Å²) in [5.74, 6) is -1.13. The van der Waals surface area contributed by atoms with Crippen molar-refractivity contribution in [3.05, 3.63) is 11.6 Å². The Morgan fingerprint density at radius 2 is 1.62 bits per heavy atom. The highest BCUT2D eigenvalue weighted by atomic mass is 31.2. The monoisotopic (exact) mass is 435 g/mol. The van der Waals surface area contributed by atoms with Gasteiger partial charge < -0.3 is 23.8 Å². The molecule has 0 aromatic carbocycles. The maximum atomic E-state index is 13.3. The molecule has 0 aliphatic heterocycles. The number of carbonyl (C=O) groups excluding carboxylic acids is 3. The summed E-state index contributed by atoms with van der Waals surface area (Å²) < 4.78 is 34.5. The van der Waals surface area contributed by atoms with Crippen molar-refractivity contribution in [2.75, 3.05) is 12.8 Å². The molecule has 0 radical (unpaired) electrons. The van der Waals surface area contributed by atoms with E-state index >= 15 is 0 Å². The Morgan fingerprint density at radius 3 is 2.03 bits per heavy atom.